The third kappa shape index (κ3) is 5.66. The second kappa shape index (κ2) is 6.66. The molecule has 2 heteroatoms. The summed E-state index contributed by atoms with van der Waals surface area (Å²) in [7, 11) is 0. The first-order valence-corrected chi connectivity index (χ1v) is 2.54. The zero-order chi connectivity index (χ0) is 6.24. The zero-order valence-corrected chi connectivity index (χ0v) is 4.84. The van der Waals surface area contributed by atoms with E-state index in [2.05, 4.69) is 6.58 Å². The predicted octanol–water partition coefficient (Wildman–Crippen LogP) is 0.386. The molecule has 0 spiro atoms. The zero-order valence-electron chi connectivity index (χ0n) is 4.84. The van der Waals surface area contributed by atoms with Crippen molar-refractivity contribution in [2.75, 3.05) is 19.8 Å². The second-order valence-corrected chi connectivity index (χ2v) is 1.27. The predicted molar refractivity (Wildman–Crippen MR) is 32.4 cm³/mol. The van der Waals surface area contributed by atoms with E-state index in [1.807, 2.05) is 0 Å². The van der Waals surface area contributed by atoms with Gasteiger partial charge in [-0.05, 0) is 0 Å². The molecule has 0 unspecified atom stereocenters. The minimum Gasteiger partial charge on any atom is -0.394 e. The number of aliphatic hydroxyl groups excluding tert-OH is 1. The van der Waals surface area contributed by atoms with Crippen molar-refractivity contribution in [1.29, 1.82) is 0 Å². The summed E-state index contributed by atoms with van der Waals surface area (Å²) in [6.45, 7) is 4.50. The lowest BCUT2D eigenvalue weighted by Crippen LogP contribution is -1.99. The van der Waals surface area contributed by atoms with E-state index >= 15 is 0 Å². The summed E-state index contributed by atoms with van der Waals surface area (Å²) >= 11 is 0. The maximum atomic E-state index is 8.20. The summed E-state index contributed by atoms with van der Waals surface area (Å²) in [5.74, 6) is 0. The van der Waals surface area contributed by atoms with Gasteiger partial charge in [-0.2, -0.15) is 0 Å². The molecular formula is C6H11O2. The number of hydrogen-bond acceptors (Lipinski definition) is 2. The fraction of sp³-hybridized carbons (Fsp3) is 0.500. The van der Waals surface area contributed by atoms with Gasteiger partial charge in [-0.3, -0.25) is 0 Å². The van der Waals surface area contributed by atoms with Gasteiger partial charge in [0, 0.05) is 6.42 Å². The van der Waals surface area contributed by atoms with Crippen LogP contribution in [-0.4, -0.2) is 24.9 Å². The third-order valence-electron chi connectivity index (χ3n) is 0.616. The molecule has 0 saturated heterocycles. The lowest BCUT2D eigenvalue weighted by atomic mass is 10.5. The molecule has 0 heterocycles. The van der Waals surface area contributed by atoms with Gasteiger partial charge in [0.05, 0.1) is 19.8 Å². The van der Waals surface area contributed by atoms with E-state index in [1.165, 1.54) is 0 Å². The van der Waals surface area contributed by atoms with Crippen molar-refractivity contribution < 1.29 is 9.84 Å². The molecular weight excluding hydrogens is 104 g/mol. The highest BCUT2D eigenvalue weighted by Gasteiger charge is 1.80. The Hall–Kier alpha value is -0.340. The van der Waals surface area contributed by atoms with E-state index in [9.17, 15) is 0 Å². The van der Waals surface area contributed by atoms with Gasteiger partial charge < -0.3 is 9.84 Å². The molecule has 0 aromatic heterocycles. The molecule has 0 aromatic carbocycles. The largest absolute Gasteiger partial charge is 0.394 e. The Morgan fingerprint density at radius 1 is 1.62 bits per heavy atom. The van der Waals surface area contributed by atoms with Crippen LogP contribution in [0.2, 0.25) is 0 Å². The maximum absolute atomic E-state index is 8.20. The molecule has 47 valence electrons. The average Bonchev–Trinajstić information content (AvgIpc) is 1.81. The van der Waals surface area contributed by atoms with E-state index in [1.54, 1.807) is 12.5 Å². The van der Waals surface area contributed by atoms with Crippen molar-refractivity contribution in [3.05, 3.63) is 19.1 Å². The molecule has 0 aliphatic carbocycles. The Kier molecular flexibility index (Phi) is 6.38. The summed E-state index contributed by atoms with van der Waals surface area (Å²) in [6, 6.07) is 0. The fourth-order valence-electron chi connectivity index (χ4n) is 0.284. The highest BCUT2D eigenvalue weighted by atomic mass is 16.5. The van der Waals surface area contributed by atoms with Crippen molar-refractivity contribution >= 4 is 0 Å². The quantitative estimate of drug-likeness (QED) is 0.525. The van der Waals surface area contributed by atoms with Crippen LogP contribution in [0.1, 0.15) is 0 Å². The summed E-state index contributed by atoms with van der Waals surface area (Å²) in [5, 5.41) is 8.20. The molecule has 0 bridgehead atoms. The molecule has 1 radical (unpaired) electrons. The fourth-order valence-corrected chi connectivity index (χ4v) is 0.284. The number of rotatable bonds is 5. The van der Waals surface area contributed by atoms with E-state index in [4.69, 9.17) is 9.84 Å². The lowest BCUT2D eigenvalue weighted by Gasteiger charge is -1.95. The van der Waals surface area contributed by atoms with Crippen molar-refractivity contribution in [2.45, 2.75) is 0 Å². The summed E-state index contributed by atoms with van der Waals surface area (Å²) < 4.78 is 4.85. The molecule has 0 aromatic rings. The summed E-state index contributed by atoms with van der Waals surface area (Å²) in [6.07, 6.45) is 3.45. The highest BCUT2D eigenvalue weighted by molar-refractivity contribution is 4.85. The first kappa shape index (κ1) is 7.66. The van der Waals surface area contributed by atoms with Crippen LogP contribution in [0.25, 0.3) is 0 Å². The van der Waals surface area contributed by atoms with Crippen LogP contribution in [0.4, 0.5) is 0 Å². The normalized spacial score (nSPS) is 9.12. The molecule has 0 rings (SSSR count). The number of aliphatic hydroxyl groups is 1. The molecule has 0 saturated carbocycles. The van der Waals surface area contributed by atoms with Gasteiger partial charge in [0.15, 0.2) is 0 Å². The standard InChI is InChI=1S/C6H11O2/c1-2-3-5-8-6-4-7/h2-3,7H,1,4-6H2. The van der Waals surface area contributed by atoms with E-state index in [-0.39, 0.29) is 6.61 Å². The van der Waals surface area contributed by atoms with Crippen molar-refractivity contribution in [3.63, 3.8) is 0 Å². The first-order chi connectivity index (χ1) is 3.91. The Morgan fingerprint density at radius 3 is 2.88 bits per heavy atom. The van der Waals surface area contributed by atoms with Gasteiger partial charge >= 0.3 is 0 Å². The molecule has 1 N–H and O–H groups in total. The van der Waals surface area contributed by atoms with Gasteiger partial charge in [0.1, 0.15) is 0 Å². The molecule has 0 aliphatic heterocycles. The molecule has 0 aliphatic rings. The van der Waals surface area contributed by atoms with E-state index in [0.717, 1.165) is 0 Å². The van der Waals surface area contributed by atoms with Gasteiger partial charge in [0.25, 0.3) is 0 Å². The Balaban J connectivity index is 2.62. The highest BCUT2D eigenvalue weighted by Crippen LogP contribution is 1.78. The maximum Gasteiger partial charge on any atom is 0.0697 e. The van der Waals surface area contributed by atoms with Crippen molar-refractivity contribution in [2.24, 2.45) is 0 Å². The monoisotopic (exact) mass is 115 g/mol. The SMILES string of the molecule is C=C[CH]COCCO. The van der Waals surface area contributed by atoms with Crippen LogP contribution in [-0.2, 0) is 4.74 Å². The Morgan fingerprint density at radius 2 is 2.38 bits per heavy atom. The Bertz CT molecular complexity index is 52.5. The molecule has 8 heavy (non-hydrogen) atoms. The van der Waals surface area contributed by atoms with Crippen LogP contribution >= 0.6 is 0 Å². The van der Waals surface area contributed by atoms with Crippen molar-refractivity contribution in [3.8, 4) is 0 Å². The van der Waals surface area contributed by atoms with Gasteiger partial charge in [-0.15, -0.1) is 6.58 Å². The summed E-state index contributed by atoms with van der Waals surface area (Å²) in [5.41, 5.74) is 0. The van der Waals surface area contributed by atoms with Gasteiger partial charge in [-0.25, -0.2) is 0 Å². The molecule has 0 amide bonds. The van der Waals surface area contributed by atoms with Crippen LogP contribution in [0, 0.1) is 6.42 Å². The van der Waals surface area contributed by atoms with Crippen LogP contribution < -0.4 is 0 Å². The number of hydrogen-bond donors (Lipinski definition) is 1. The average molecular weight is 115 g/mol. The smallest absolute Gasteiger partial charge is 0.0697 e. The minimum absolute atomic E-state index is 0.0883. The summed E-state index contributed by atoms with van der Waals surface area (Å²) in [4.78, 5) is 0. The van der Waals surface area contributed by atoms with Gasteiger partial charge in [-0.1, -0.05) is 6.08 Å². The van der Waals surface area contributed by atoms with Crippen LogP contribution in [0.15, 0.2) is 12.7 Å². The first-order valence-electron chi connectivity index (χ1n) is 2.54. The number of ether oxygens (including phenoxy) is 1. The minimum atomic E-state index is 0.0883. The van der Waals surface area contributed by atoms with Crippen LogP contribution in [0.3, 0.4) is 0 Å². The molecule has 0 atom stereocenters. The third-order valence-corrected chi connectivity index (χ3v) is 0.616. The Labute approximate surface area is 49.8 Å². The topological polar surface area (TPSA) is 29.5 Å². The van der Waals surface area contributed by atoms with Gasteiger partial charge in [0.2, 0.25) is 0 Å². The second-order valence-electron chi connectivity index (χ2n) is 1.27. The lowest BCUT2D eigenvalue weighted by molar-refractivity contribution is 0.108. The van der Waals surface area contributed by atoms with E-state index in [0.29, 0.717) is 13.2 Å². The van der Waals surface area contributed by atoms with Crippen LogP contribution in [0.5, 0.6) is 0 Å². The molecule has 0 fully saturated rings. The molecule has 2 nitrogen and oxygen atoms in total. The van der Waals surface area contributed by atoms with E-state index < -0.39 is 0 Å². The van der Waals surface area contributed by atoms with Crippen molar-refractivity contribution in [1.82, 2.24) is 0 Å².